The molecular weight excluding hydrogens is 424 g/mol. The molecule has 1 atom stereocenters. The van der Waals surface area contributed by atoms with E-state index in [1.165, 1.54) is 0 Å². The first-order chi connectivity index (χ1) is 16.0. The first kappa shape index (κ1) is 24.2. The predicted molar refractivity (Wildman–Crippen MR) is 131 cm³/mol. The van der Waals surface area contributed by atoms with Gasteiger partial charge in [-0.25, -0.2) is 0 Å². The minimum atomic E-state index is -2.31. The van der Waals surface area contributed by atoms with E-state index in [2.05, 4.69) is 21.5 Å². The van der Waals surface area contributed by atoms with Crippen LogP contribution in [0.3, 0.4) is 0 Å². The molecule has 2 N–H and O–H groups in total. The molecule has 3 aromatic rings. The van der Waals surface area contributed by atoms with Crippen molar-refractivity contribution in [3.8, 4) is 34.7 Å². The largest absolute Gasteiger partial charge is 0.490 e. The Labute approximate surface area is 203 Å². The molecule has 0 saturated heterocycles. The monoisotopic (exact) mass is 444 g/mol. The minimum absolute atomic E-state index is 0.0568. The van der Waals surface area contributed by atoms with E-state index in [9.17, 15) is 10.4 Å². The third-order valence-corrected chi connectivity index (χ3v) is 5.72. The van der Waals surface area contributed by atoms with Crippen LogP contribution < -0.4 is 10.1 Å². The SMILES string of the molecule is [B]C([B])(O)C([B])([B])N[C@H]1CCc2c(-c3noc(-c4ccc(OC(C)C)c(C#N)c4)n3)cccc21. The van der Waals surface area contributed by atoms with Gasteiger partial charge in [0, 0.05) is 17.2 Å². The molecule has 1 aliphatic carbocycles. The van der Waals surface area contributed by atoms with Crippen LogP contribution in [0.15, 0.2) is 40.9 Å². The summed E-state index contributed by atoms with van der Waals surface area (Å²) in [6.45, 7) is 3.79. The molecule has 2 aromatic carbocycles. The van der Waals surface area contributed by atoms with Crippen molar-refractivity contribution in [2.45, 2.75) is 49.6 Å². The zero-order chi connectivity index (χ0) is 24.7. The molecule has 1 aliphatic rings. The van der Waals surface area contributed by atoms with Crippen LogP contribution in [0, 0.1) is 11.3 Å². The Kier molecular flexibility index (Phi) is 6.41. The average Bonchev–Trinajstić information content (AvgIpc) is 3.40. The molecular formula is C23H20B4N4O3. The fraction of sp³-hybridized carbons (Fsp3) is 0.348. The normalized spacial score (nSPS) is 15.8. The number of aromatic nitrogens is 2. The number of nitrogens with zero attached hydrogens (tertiary/aromatic N) is 3. The second-order valence-corrected chi connectivity index (χ2v) is 8.72. The van der Waals surface area contributed by atoms with Gasteiger partial charge in [0.15, 0.2) is 0 Å². The number of hydrogen-bond acceptors (Lipinski definition) is 7. The quantitative estimate of drug-likeness (QED) is 0.535. The number of nitriles is 1. The molecule has 0 bridgehead atoms. The molecule has 0 spiro atoms. The second-order valence-electron chi connectivity index (χ2n) is 8.72. The van der Waals surface area contributed by atoms with Crippen molar-refractivity contribution in [2.24, 2.45) is 0 Å². The van der Waals surface area contributed by atoms with E-state index in [4.69, 9.17) is 40.6 Å². The molecule has 0 unspecified atom stereocenters. The summed E-state index contributed by atoms with van der Waals surface area (Å²) in [7, 11) is 22.8. The third kappa shape index (κ3) is 4.66. The van der Waals surface area contributed by atoms with Crippen molar-refractivity contribution in [3.05, 3.63) is 53.1 Å². The van der Waals surface area contributed by atoms with Crippen LogP contribution in [0.2, 0.25) is 0 Å². The van der Waals surface area contributed by atoms with Crippen molar-refractivity contribution in [1.82, 2.24) is 15.5 Å². The fourth-order valence-electron chi connectivity index (χ4n) is 3.97. The Morgan fingerprint density at radius 2 is 2.00 bits per heavy atom. The summed E-state index contributed by atoms with van der Waals surface area (Å²) < 4.78 is 11.2. The van der Waals surface area contributed by atoms with E-state index >= 15 is 0 Å². The highest BCUT2D eigenvalue weighted by molar-refractivity contribution is 6.53. The minimum Gasteiger partial charge on any atom is -0.490 e. The summed E-state index contributed by atoms with van der Waals surface area (Å²) in [5, 5.41) is 22.3. The van der Waals surface area contributed by atoms with Gasteiger partial charge in [-0.3, -0.25) is 0 Å². The molecule has 34 heavy (non-hydrogen) atoms. The van der Waals surface area contributed by atoms with Gasteiger partial charge in [0.2, 0.25) is 5.82 Å². The molecule has 0 fully saturated rings. The highest BCUT2D eigenvalue weighted by atomic mass is 16.5. The van der Waals surface area contributed by atoms with E-state index in [0.717, 1.165) is 16.7 Å². The number of benzene rings is 2. The summed E-state index contributed by atoms with van der Waals surface area (Å²) in [6.07, 6.45) is 1.29. The molecule has 7 nitrogen and oxygen atoms in total. The van der Waals surface area contributed by atoms with Gasteiger partial charge in [0.05, 0.1) is 43.1 Å². The lowest BCUT2D eigenvalue weighted by Crippen LogP contribution is -2.65. The standard InChI is InChI=1S/C23H20B4N4O3/c1-12(2)33-19-9-6-13(10-14(19)11-28)21-29-20(31-34-21)17-5-3-4-16-15(17)7-8-18(16)30-22(24,25)23(26,27)32/h3-6,9-10,12,18,30,32H,7-8H2,1-2H3/t18-/m0/s1. The lowest BCUT2D eigenvalue weighted by Gasteiger charge is -2.43. The van der Waals surface area contributed by atoms with Gasteiger partial charge < -0.3 is 19.7 Å². The first-order valence-corrected chi connectivity index (χ1v) is 10.8. The van der Waals surface area contributed by atoms with Gasteiger partial charge in [0.1, 0.15) is 11.8 Å². The van der Waals surface area contributed by atoms with E-state index in [0.29, 0.717) is 35.5 Å². The Bertz CT molecular complexity index is 1250. The van der Waals surface area contributed by atoms with Gasteiger partial charge in [-0.1, -0.05) is 23.4 Å². The van der Waals surface area contributed by atoms with Gasteiger partial charge in [-0.05, 0) is 66.8 Å². The molecule has 0 aliphatic heterocycles. The number of fused-ring (bicyclic) bond motifs is 1. The van der Waals surface area contributed by atoms with Crippen LogP contribution in [0.25, 0.3) is 22.8 Å². The van der Waals surface area contributed by atoms with Gasteiger partial charge in [-0.15, -0.1) is 0 Å². The fourth-order valence-corrected chi connectivity index (χ4v) is 3.97. The number of ether oxygens (including phenoxy) is 1. The molecule has 11 heteroatoms. The molecule has 0 saturated carbocycles. The van der Waals surface area contributed by atoms with Crippen LogP contribution in [0.4, 0.5) is 0 Å². The van der Waals surface area contributed by atoms with Crippen LogP contribution in [0.5, 0.6) is 5.75 Å². The van der Waals surface area contributed by atoms with Crippen LogP contribution in [-0.4, -0.2) is 63.5 Å². The Hall–Kier alpha value is -2.95. The number of nitrogens with one attached hydrogen (secondary N) is 1. The summed E-state index contributed by atoms with van der Waals surface area (Å²) in [5.41, 5.74) is 3.72. The van der Waals surface area contributed by atoms with Crippen LogP contribution in [-0.2, 0) is 6.42 Å². The number of aliphatic hydroxyl groups is 1. The van der Waals surface area contributed by atoms with Crippen molar-refractivity contribution >= 4 is 31.4 Å². The van der Waals surface area contributed by atoms with E-state index in [-0.39, 0.29) is 18.0 Å². The maximum Gasteiger partial charge on any atom is 0.258 e. The maximum atomic E-state index is 9.88. The van der Waals surface area contributed by atoms with E-state index in [1.54, 1.807) is 18.2 Å². The lowest BCUT2D eigenvalue weighted by molar-refractivity contribution is 0.169. The van der Waals surface area contributed by atoms with Crippen molar-refractivity contribution < 1.29 is 14.4 Å². The van der Waals surface area contributed by atoms with Crippen molar-refractivity contribution in [2.75, 3.05) is 0 Å². The van der Waals surface area contributed by atoms with Crippen LogP contribution >= 0.6 is 0 Å². The molecule has 162 valence electrons. The van der Waals surface area contributed by atoms with E-state index in [1.807, 2.05) is 32.0 Å². The molecule has 4 rings (SSSR count). The Balaban J connectivity index is 1.63. The highest BCUT2D eigenvalue weighted by Crippen LogP contribution is 2.38. The zero-order valence-corrected chi connectivity index (χ0v) is 18.9. The Morgan fingerprint density at radius 3 is 2.68 bits per heavy atom. The zero-order valence-electron chi connectivity index (χ0n) is 18.9. The van der Waals surface area contributed by atoms with Gasteiger partial charge in [-0.2, -0.15) is 10.2 Å². The van der Waals surface area contributed by atoms with Crippen molar-refractivity contribution in [3.63, 3.8) is 0 Å². The summed E-state index contributed by atoms with van der Waals surface area (Å²) in [5.74, 6) is 1.19. The topological polar surface area (TPSA) is 104 Å². The number of hydrogen-bond donors (Lipinski definition) is 2. The lowest BCUT2D eigenvalue weighted by atomic mass is 9.40. The predicted octanol–water partition coefficient (Wildman–Crippen LogP) is 1.61. The second kappa shape index (κ2) is 9.01. The molecule has 1 heterocycles. The van der Waals surface area contributed by atoms with E-state index < -0.39 is 10.7 Å². The number of rotatable bonds is 7. The summed E-state index contributed by atoms with van der Waals surface area (Å²) in [4.78, 5) is 4.56. The van der Waals surface area contributed by atoms with Gasteiger partial charge >= 0.3 is 0 Å². The molecule has 8 radical (unpaired) electrons. The smallest absolute Gasteiger partial charge is 0.258 e. The molecule has 1 aromatic heterocycles. The van der Waals surface area contributed by atoms with Crippen molar-refractivity contribution in [1.29, 1.82) is 5.26 Å². The summed E-state index contributed by atoms with van der Waals surface area (Å²) in [6, 6.07) is 12.7. The van der Waals surface area contributed by atoms with Gasteiger partial charge in [0.25, 0.3) is 5.89 Å². The molecule has 0 amide bonds. The maximum absolute atomic E-state index is 9.88. The third-order valence-electron chi connectivity index (χ3n) is 5.72. The van der Waals surface area contributed by atoms with Crippen LogP contribution in [0.1, 0.15) is 43.0 Å². The summed E-state index contributed by atoms with van der Waals surface area (Å²) >= 11 is 0. The highest BCUT2D eigenvalue weighted by Gasteiger charge is 2.37. The average molecular weight is 444 g/mol. The Morgan fingerprint density at radius 1 is 1.24 bits per heavy atom. The first-order valence-electron chi connectivity index (χ1n) is 10.8.